The molecule has 7 heteroatoms. The lowest BCUT2D eigenvalue weighted by Gasteiger charge is -2.28. The first-order valence-corrected chi connectivity index (χ1v) is 10.0. The van der Waals surface area contributed by atoms with Crippen molar-refractivity contribution >= 4 is 17.5 Å². The topological polar surface area (TPSA) is 60.2 Å². The molecule has 0 aliphatic carbocycles. The van der Waals surface area contributed by atoms with Gasteiger partial charge in [0.15, 0.2) is 0 Å². The van der Waals surface area contributed by atoms with Gasteiger partial charge in [0.05, 0.1) is 6.42 Å². The highest BCUT2D eigenvalue weighted by Crippen LogP contribution is 2.25. The van der Waals surface area contributed by atoms with Crippen LogP contribution in [0.4, 0.5) is 0 Å². The van der Waals surface area contributed by atoms with Crippen molar-refractivity contribution in [2.45, 2.75) is 32.9 Å². The Hall–Kier alpha value is -2.86. The van der Waals surface area contributed by atoms with Crippen LogP contribution in [-0.4, -0.2) is 32.1 Å². The van der Waals surface area contributed by atoms with Crippen LogP contribution in [0.25, 0.3) is 0 Å². The molecule has 29 heavy (non-hydrogen) atoms. The van der Waals surface area contributed by atoms with E-state index in [1.54, 1.807) is 0 Å². The fourth-order valence-corrected chi connectivity index (χ4v) is 3.86. The molecule has 150 valence electrons. The molecule has 6 nitrogen and oxygen atoms in total. The number of aryl methyl sites for hydroxylation is 2. The second kappa shape index (κ2) is 8.25. The van der Waals surface area contributed by atoms with Crippen LogP contribution in [0.2, 0.25) is 5.02 Å². The number of ether oxygens (including phenoxy) is 1. The average Bonchev–Trinajstić information content (AvgIpc) is 3.03. The molecule has 0 bridgehead atoms. The SMILES string of the molecule is Cc1cccc(OCc2nn(C)c3c2CN(C(=O)Cc2ccccc2Cl)CC3)n1. The summed E-state index contributed by atoms with van der Waals surface area (Å²) in [6.45, 7) is 3.46. The highest BCUT2D eigenvalue weighted by atomic mass is 35.5. The number of amides is 1. The zero-order chi connectivity index (χ0) is 20.4. The first-order chi connectivity index (χ1) is 14.0. The molecule has 0 spiro atoms. The minimum absolute atomic E-state index is 0.0693. The quantitative estimate of drug-likeness (QED) is 0.646. The predicted molar refractivity (Wildman–Crippen MR) is 111 cm³/mol. The van der Waals surface area contributed by atoms with Gasteiger partial charge in [-0.1, -0.05) is 35.9 Å². The first-order valence-electron chi connectivity index (χ1n) is 9.62. The van der Waals surface area contributed by atoms with E-state index in [2.05, 4.69) is 10.1 Å². The van der Waals surface area contributed by atoms with E-state index >= 15 is 0 Å². The van der Waals surface area contributed by atoms with Crippen LogP contribution in [0, 0.1) is 6.92 Å². The third-order valence-corrected chi connectivity index (χ3v) is 5.57. The van der Waals surface area contributed by atoms with Crippen LogP contribution in [-0.2, 0) is 37.8 Å². The minimum Gasteiger partial charge on any atom is -0.471 e. The standard InChI is InChI=1S/C22H23ClN4O2/c1-15-6-5-9-21(24-15)29-14-19-17-13-27(11-10-20(17)26(2)25-19)22(28)12-16-7-3-4-8-18(16)23/h3-9H,10-14H2,1-2H3. The van der Waals surface area contributed by atoms with Crippen LogP contribution in [0.1, 0.15) is 28.2 Å². The molecule has 1 aliphatic rings. The van der Waals surface area contributed by atoms with Crippen molar-refractivity contribution in [3.8, 4) is 5.88 Å². The molecule has 0 saturated carbocycles. The molecule has 0 N–H and O–H groups in total. The Bertz CT molecular complexity index is 1050. The van der Waals surface area contributed by atoms with Crippen LogP contribution < -0.4 is 4.74 Å². The summed E-state index contributed by atoms with van der Waals surface area (Å²) in [5.74, 6) is 0.645. The van der Waals surface area contributed by atoms with E-state index < -0.39 is 0 Å². The molecule has 0 fully saturated rings. The number of benzene rings is 1. The van der Waals surface area contributed by atoms with Crippen LogP contribution in [0.3, 0.4) is 0 Å². The van der Waals surface area contributed by atoms with Gasteiger partial charge in [-0.2, -0.15) is 5.10 Å². The van der Waals surface area contributed by atoms with Gasteiger partial charge in [-0.05, 0) is 24.6 Å². The summed E-state index contributed by atoms with van der Waals surface area (Å²) in [6, 6.07) is 13.2. The Morgan fingerprint density at radius 3 is 2.83 bits per heavy atom. The molecule has 1 aromatic carbocycles. The van der Waals surface area contributed by atoms with Crippen molar-refractivity contribution in [3.63, 3.8) is 0 Å². The zero-order valence-electron chi connectivity index (χ0n) is 16.6. The Morgan fingerprint density at radius 2 is 2.03 bits per heavy atom. The summed E-state index contributed by atoms with van der Waals surface area (Å²) in [5.41, 5.74) is 4.83. The van der Waals surface area contributed by atoms with Crippen molar-refractivity contribution in [2.75, 3.05) is 6.54 Å². The first kappa shape index (κ1) is 19.5. The number of carbonyl (C=O) groups excluding carboxylic acids is 1. The number of pyridine rings is 1. The summed E-state index contributed by atoms with van der Waals surface area (Å²) in [4.78, 5) is 19.1. The molecule has 0 unspecified atom stereocenters. The summed E-state index contributed by atoms with van der Waals surface area (Å²) < 4.78 is 7.75. The molecule has 1 amide bonds. The molecule has 0 radical (unpaired) electrons. The predicted octanol–water partition coefficient (Wildman–Crippen LogP) is 3.48. The maximum atomic E-state index is 12.9. The van der Waals surface area contributed by atoms with Crippen molar-refractivity contribution in [3.05, 3.63) is 75.7 Å². The number of fused-ring (bicyclic) bond motifs is 1. The molecule has 2 aromatic heterocycles. The second-order valence-corrected chi connectivity index (χ2v) is 7.64. The number of rotatable bonds is 5. The molecule has 3 heterocycles. The summed E-state index contributed by atoms with van der Waals surface area (Å²) in [7, 11) is 1.94. The van der Waals surface area contributed by atoms with Gasteiger partial charge in [-0.15, -0.1) is 0 Å². The summed E-state index contributed by atoms with van der Waals surface area (Å²) in [5, 5.41) is 5.25. The van der Waals surface area contributed by atoms with Gasteiger partial charge in [0.2, 0.25) is 11.8 Å². The maximum absolute atomic E-state index is 12.9. The third-order valence-electron chi connectivity index (χ3n) is 5.20. The van der Waals surface area contributed by atoms with Gasteiger partial charge in [-0.25, -0.2) is 4.98 Å². The fraction of sp³-hybridized carbons (Fsp3) is 0.318. The number of halogens is 1. The minimum atomic E-state index is 0.0693. The summed E-state index contributed by atoms with van der Waals surface area (Å²) in [6.07, 6.45) is 1.07. The molecule has 0 saturated heterocycles. The van der Waals surface area contributed by atoms with Crippen LogP contribution >= 0.6 is 11.6 Å². The zero-order valence-corrected chi connectivity index (χ0v) is 17.3. The van der Waals surface area contributed by atoms with Gasteiger partial charge in [-0.3, -0.25) is 9.48 Å². The summed E-state index contributed by atoms with van der Waals surface area (Å²) >= 11 is 6.22. The van der Waals surface area contributed by atoms with E-state index in [1.807, 2.05) is 66.0 Å². The molecule has 1 aliphatic heterocycles. The lowest BCUT2D eigenvalue weighted by Crippen LogP contribution is -2.37. The molecule has 4 rings (SSSR count). The van der Waals surface area contributed by atoms with Gasteiger partial charge in [0, 0.05) is 54.6 Å². The second-order valence-electron chi connectivity index (χ2n) is 7.23. The Kier molecular flexibility index (Phi) is 5.53. The van der Waals surface area contributed by atoms with Gasteiger partial charge in [0.25, 0.3) is 0 Å². The normalized spacial score (nSPS) is 13.3. The fourth-order valence-electron chi connectivity index (χ4n) is 3.66. The Labute approximate surface area is 175 Å². The lowest BCUT2D eigenvalue weighted by molar-refractivity contribution is -0.131. The largest absolute Gasteiger partial charge is 0.471 e. The maximum Gasteiger partial charge on any atom is 0.227 e. The average molecular weight is 411 g/mol. The van der Waals surface area contributed by atoms with Crippen molar-refractivity contribution in [2.24, 2.45) is 7.05 Å². The van der Waals surface area contributed by atoms with Crippen molar-refractivity contribution in [1.29, 1.82) is 0 Å². The highest BCUT2D eigenvalue weighted by molar-refractivity contribution is 6.31. The highest BCUT2D eigenvalue weighted by Gasteiger charge is 2.27. The van der Waals surface area contributed by atoms with E-state index in [-0.39, 0.29) is 5.91 Å². The van der Waals surface area contributed by atoms with E-state index in [0.717, 1.165) is 34.6 Å². The van der Waals surface area contributed by atoms with Crippen molar-refractivity contribution < 1.29 is 9.53 Å². The monoisotopic (exact) mass is 410 g/mol. The molecular weight excluding hydrogens is 388 g/mol. The van der Waals surface area contributed by atoms with E-state index in [4.69, 9.17) is 16.3 Å². The van der Waals surface area contributed by atoms with E-state index in [1.165, 1.54) is 0 Å². The van der Waals surface area contributed by atoms with E-state index in [0.29, 0.717) is 37.0 Å². The van der Waals surface area contributed by atoms with Crippen molar-refractivity contribution in [1.82, 2.24) is 19.7 Å². The number of carbonyl (C=O) groups is 1. The van der Waals surface area contributed by atoms with Gasteiger partial charge >= 0.3 is 0 Å². The smallest absolute Gasteiger partial charge is 0.227 e. The third kappa shape index (κ3) is 4.27. The van der Waals surface area contributed by atoms with Gasteiger partial charge in [0.1, 0.15) is 12.3 Å². The van der Waals surface area contributed by atoms with Gasteiger partial charge < -0.3 is 9.64 Å². The Morgan fingerprint density at radius 1 is 1.21 bits per heavy atom. The molecule has 3 aromatic rings. The van der Waals surface area contributed by atoms with Crippen LogP contribution in [0.15, 0.2) is 42.5 Å². The molecule has 0 atom stereocenters. The van der Waals surface area contributed by atoms with E-state index in [9.17, 15) is 4.79 Å². The molecular formula is C22H23ClN4O2. The number of aromatic nitrogens is 3. The van der Waals surface area contributed by atoms with Crippen LogP contribution in [0.5, 0.6) is 5.88 Å². The number of nitrogens with zero attached hydrogens (tertiary/aromatic N) is 4. The number of hydrogen-bond acceptors (Lipinski definition) is 4. The Balaban J connectivity index is 1.48. The lowest BCUT2D eigenvalue weighted by atomic mass is 10.0. The number of hydrogen-bond donors (Lipinski definition) is 0.